The molecular weight excluding hydrogens is 97.5 g/mol. The Hall–Kier alpha value is -0.0400. The first-order valence-electron chi connectivity index (χ1n) is 1.90. The number of hydrogen-bond donors (Lipinski definition) is 1. The molecule has 1 nitrogen and oxygen atoms in total. The third kappa shape index (κ3) is 3.96. The van der Waals surface area contributed by atoms with Crippen LogP contribution < -0.4 is 0 Å². The molecule has 0 aliphatic carbocycles. The van der Waals surface area contributed by atoms with Gasteiger partial charge >= 0.3 is 0 Å². The normalized spacial score (nSPS) is 13.7. The fourth-order valence-electron chi connectivity index (χ4n) is 0.162. The predicted molar refractivity (Wildman–Crippen MR) is 28.7 cm³/mol. The summed E-state index contributed by atoms with van der Waals surface area (Å²) >= 11 is 5.43. The maximum atomic E-state index is 6.52. The summed E-state index contributed by atoms with van der Waals surface area (Å²) in [7, 11) is 0. The van der Waals surface area contributed by atoms with Crippen molar-refractivity contribution in [1.29, 1.82) is 5.41 Å². The monoisotopic (exact) mass is 105 g/mol. The van der Waals surface area contributed by atoms with Crippen LogP contribution in [0.15, 0.2) is 0 Å². The molecule has 0 rings (SSSR count). The standard InChI is InChI=1S/C4H8ClN/c1-4(5)2-3-6/h3-4,6H,2H2,1H3. The maximum Gasteiger partial charge on any atom is 0.0357 e. The smallest absolute Gasteiger partial charge is 0.0357 e. The van der Waals surface area contributed by atoms with Gasteiger partial charge in [-0.2, -0.15) is 0 Å². The molecule has 0 aromatic carbocycles. The summed E-state index contributed by atoms with van der Waals surface area (Å²) in [5.74, 6) is 0. The SMILES string of the molecule is CC(Cl)CC=N. The second kappa shape index (κ2) is 3.16. The molecule has 0 aromatic rings. The first kappa shape index (κ1) is 5.96. The minimum Gasteiger partial charge on any atom is -0.313 e. The van der Waals surface area contributed by atoms with Crippen LogP contribution in [0.3, 0.4) is 0 Å². The molecule has 6 heavy (non-hydrogen) atoms. The number of halogens is 1. The molecule has 1 unspecified atom stereocenters. The van der Waals surface area contributed by atoms with Gasteiger partial charge in [0, 0.05) is 5.38 Å². The van der Waals surface area contributed by atoms with E-state index >= 15 is 0 Å². The van der Waals surface area contributed by atoms with E-state index < -0.39 is 0 Å². The summed E-state index contributed by atoms with van der Waals surface area (Å²) in [5, 5.41) is 6.65. The molecule has 0 aromatic heterocycles. The Morgan fingerprint density at radius 3 is 2.50 bits per heavy atom. The van der Waals surface area contributed by atoms with Gasteiger partial charge in [-0.25, -0.2) is 0 Å². The van der Waals surface area contributed by atoms with Crippen molar-refractivity contribution in [3.8, 4) is 0 Å². The van der Waals surface area contributed by atoms with Crippen molar-refractivity contribution >= 4 is 17.8 Å². The Kier molecular flexibility index (Phi) is 3.14. The van der Waals surface area contributed by atoms with Gasteiger partial charge in [0.25, 0.3) is 0 Å². The van der Waals surface area contributed by atoms with E-state index in [0.717, 1.165) is 0 Å². The summed E-state index contributed by atoms with van der Waals surface area (Å²) in [6, 6.07) is 0. The lowest BCUT2D eigenvalue weighted by molar-refractivity contribution is 1.01. The van der Waals surface area contributed by atoms with Crippen LogP contribution in [0.2, 0.25) is 0 Å². The van der Waals surface area contributed by atoms with Crippen LogP contribution >= 0.6 is 11.6 Å². The van der Waals surface area contributed by atoms with Crippen LogP contribution in [0, 0.1) is 5.41 Å². The summed E-state index contributed by atoms with van der Waals surface area (Å²) in [5.41, 5.74) is 0. The van der Waals surface area contributed by atoms with Crippen LogP contribution in [0.5, 0.6) is 0 Å². The molecule has 1 N–H and O–H groups in total. The fraction of sp³-hybridized carbons (Fsp3) is 0.750. The van der Waals surface area contributed by atoms with E-state index in [1.54, 1.807) is 0 Å². The second-order valence-electron chi connectivity index (χ2n) is 1.22. The largest absolute Gasteiger partial charge is 0.313 e. The minimum absolute atomic E-state index is 0.127. The molecule has 0 amide bonds. The lowest BCUT2D eigenvalue weighted by Gasteiger charge is -1.88. The highest BCUT2D eigenvalue weighted by atomic mass is 35.5. The molecule has 0 fully saturated rings. The van der Waals surface area contributed by atoms with Crippen molar-refractivity contribution in [2.45, 2.75) is 18.7 Å². The lowest BCUT2D eigenvalue weighted by atomic mass is 10.4. The summed E-state index contributed by atoms with van der Waals surface area (Å²) in [6.07, 6.45) is 2.00. The summed E-state index contributed by atoms with van der Waals surface area (Å²) < 4.78 is 0. The van der Waals surface area contributed by atoms with Gasteiger partial charge in [0.15, 0.2) is 0 Å². The Labute approximate surface area is 42.8 Å². The van der Waals surface area contributed by atoms with Gasteiger partial charge in [0.1, 0.15) is 0 Å². The quantitative estimate of drug-likeness (QED) is 0.408. The first-order chi connectivity index (χ1) is 2.77. The van der Waals surface area contributed by atoms with Crippen molar-refractivity contribution in [2.24, 2.45) is 0 Å². The first-order valence-corrected chi connectivity index (χ1v) is 2.34. The van der Waals surface area contributed by atoms with E-state index in [9.17, 15) is 0 Å². The van der Waals surface area contributed by atoms with Crippen molar-refractivity contribution in [3.05, 3.63) is 0 Å². The Morgan fingerprint density at radius 2 is 2.50 bits per heavy atom. The summed E-state index contributed by atoms with van der Waals surface area (Å²) in [6.45, 7) is 1.87. The zero-order chi connectivity index (χ0) is 4.99. The zero-order valence-corrected chi connectivity index (χ0v) is 4.50. The molecule has 2 heteroatoms. The molecule has 1 atom stereocenters. The number of hydrogen-bond acceptors (Lipinski definition) is 1. The lowest BCUT2D eigenvalue weighted by Crippen LogP contribution is -1.87. The van der Waals surface area contributed by atoms with Gasteiger partial charge in [0.05, 0.1) is 0 Å². The highest BCUT2D eigenvalue weighted by Crippen LogP contribution is 1.94. The third-order valence-corrected chi connectivity index (χ3v) is 0.621. The van der Waals surface area contributed by atoms with Crippen LogP contribution in [-0.2, 0) is 0 Å². The minimum atomic E-state index is 0.127. The molecular formula is C4H8ClN. The van der Waals surface area contributed by atoms with E-state index in [0.29, 0.717) is 6.42 Å². The van der Waals surface area contributed by atoms with Crippen molar-refractivity contribution in [3.63, 3.8) is 0 Å². The Balaban J connectivity index is 2.81. The van der Waals surface area contributed by atoms with Crippen molar-refractivity contribution < 1.29 is 0 Å². The molecule has 0 spiro atoms. The number of alkyl halides is 1. The van der Waals surface area contributed by atoms with Crippen molar-refractivity contribution in [1.82, 2.24) is 0 Å². The van der Waals surface area contributed by atoms with E-state index in [1.807, 2.05) is 6.92 Å². The van der Waals surface area contributed by atoms with E-state index in [2.05, 4.69) is 0 Å². The van der Waals surface area contributed by atoms with Gasteiger partial charge < -0.3 is 5.41 Å². The molecule has 36 valence electrons. The topological polar surface area (TPSA) is 23.9 Å². The average Bonchev–Trinajstić information content (AvgIpc) is 1.35. The van der Waals surface area contributed by atoms with Gasteiger partial charge in [-0.05, 0) is 19.6 Å². The molecule has 0 saturated carbocycles. The van der Waals surface area contributed by atoms with Crippen LogP contribution in [-0.4, -0.2) is 11.6 Å². The van der Waals surface area contributed by atoms with Crippen LogP contribution in [0.1, 0.15) is 13.3 Å². The molecule has 0 aliphatic rings. The number of rotatable bonds is 2. The summed E-state index contributed by atoms with van der Waals surface area (Å²) in [4.78, 5) is 0. The average molecular weight is 106 g/mol. The second-order valence-corrected chi connectivity index (χ2v) is 1.97. The Morgan fingerprint density at radius 1 is 2.00 bits per heavy atom. The zero-order valence-electron chi connectivity index (χ0n) is 3.74. The fourth-order valence-corrected chi connectivity index (χ4v) is 0.251. The van der Waals surface area contributed by atoms with Gasteiger partial charge in [-0.1, -0.05) is 0 Å². The van der Waals surface area contributed by atoms with Crippen molar-refractivity contribution in [2.75, 3.05) is 0 Å². The van der Waals surface area contributed by atoms with Crippen LogP contribution in [0.25, 0.3) is 0 Å². The predicted octanol–water partition coefficient (Wildman–Crippen LogP) is 1.65. The molecule has 0 radical (unpaired) electrons. The highest BCUT2D eigenvalue weighted by molar-refractivity contribution is 6.21. The molecule has 0 aliphatic heterocycles. The van der Waals surface area contributed by atoms with Gasteiger partial charge in [-0.3, -0.25) is 0 Å². The maximum absolute atomic E-state index is 6.52. The van der Waals surface area contributed by atoms with E-state index in [4.69, 9.17) is 17.0 Å². The Bertz CT molecular complexity index is 42.8. The number of nitrogens with one attached hydrogen (secondary N) is 1. The van der Waals surface area contributed by atoms with E-state index in [-0.39, 0.29) is 5.38 Å². The van der Waals surface area contributed by atoms with E-state index in [1.165, 1.54) is 6.21 Å². The van der Waals surface area contributed by atoms with Crippen LogP contribution in [0.4, 0.5) is 0 Å². The molecule has 0 heterocycles. The van der Waals surface area contributed by atoms with Gasteiger partial charge in [0.2, 0.25) is 0 Å². The molecule has 0 bridgehead atoms. The molecule has 0 saturated heterocycles. The third-order valence-electron chi connectivity index (χ3n) is 0.443. The highest BCUT2D eigenvalue weighted by Gasteiger charge is 1.86. The van der Waals surface area contributed by atoms with Gasteiger partial charge in [-0.15, -0.1) is 11.6 Å².